The first-order valence-electron chi connectivity index (χ1n) is 10.1. The number of benzene rings is 2. The summed E-state index contributed by atoms with van der Waals surface area (Å²) < 4.78 is 6.63. The molecule has 0 fully saturated rings. The quantitative estimate of drug-likeness (QED) is 0.254. The van der Waals surface area contributed by atoms with Crippen LogP contribution < -0.4 is 10.2 Å². The number of nitrogens with one attached hydrogen (secondary N) is 1. The fourth-order valence-electron chi connectivity index (χ4n) is 2.75. The lowest BCUT2D eigenvalue weighted by Crippen LogP contribution is -2.25. The SMILES string of the molecule is CCCCCCCCOc1ccc(C=NNC(=O)[C@H](O)c2ccc(Br)cc2)cc1. The van der Waals surface area contributed by atoms with Gasteiger partial charge in [-0.05, 0) is 53.9 Å². The fraction of sp³-hybridized carbons (Fsp3) is 0.391. The number of halogens is 1. The second-order valence-corrected chi connectivity index (χ2v) is 7.79. The van der Waals surface area contributed by atoms with Crippen LogP contribution in [0.3, 0.4) is 0 Å². The van der Waals surface area contributed by atoms with E-state index in [1.165, 1.54) is 38.3 Å². The lowest BCUT2D eigenvalue weighted by atomic mass is 10.1. The number of unbranched alkanes of at least 4 members (excludes halogenated alkanes) is 5. The van der Waals surface area contributed by atoms with Gasteiger partial charge in [-0.2, -0.15) is 5.10 Å². The van der Waals surface area contributed by atoms with Crippen molar-refractivity contribution < 1.29 is 14.6 Å². The number of hydrogen-bond acceptors (Lipinski definition) is 4. The Hall–Kier alpha value is -2.18. The molecule has 0 saturated heterocycles. The summed E-state index contributed by atoms with van der Waals surface area (Å²) in [6.07, 6.45) is 7.70. The van der Waals surface area contributed by atoms with Crippen LogP contribution in [-0.2, 0) is 4.79 Å². The molecule has 1 amide bonds. The number of ether oxygens (including phenoxy) is 1. The monoisotopic (exact) mass is 460 g/mol. The smallest absolute Gasteiger partial charge is 0.273 e. The summed E-state index contributed by atoms with van der Waals surface area (Å²) in [5.41, 5.74) is 3.70. The number of amides is 1. The van der Waals surface area contributed by atoms with E-state index >= 15 is 0 Å². The summed E-state index contributed by atoms with van der Waals surface area (Å²) in [6.45, 7) is 2.95. The highest BCUT2D eigenvalue weighted by Crippen LogP contribution is 2.17. The third kappa shape index (κ3) is 8.79. The number of hydrazone groups is 1. The Balaban J connectivity index is 1.71. The number of carbonyl (C=O) groups excluding carboxylic acids is 1. The molecule has 156 valence electrons. The van der Waals surface area contributed by atoms with Gasteiger partial charge in [0.2, 0.25) is 0 Å². The van der Waals surface area contributed by atoms with Gasteiger partial charge in [0.15, 0.2) is 6.10 Å². The Labute approximate surface area is 181 Å². The Bertz CT molecular complexity index is 761. The maximum Gasteiger partial charge on any atom is 0.273 e. The van der Waals surface area contributed by atoms with Crippen LogP contribution >= 0.6 is 15.9 Å². The average molecular weight is 461 g/mol. The van der Waals surface area contributed by atoms with E-state index in [9.17, 15) is 9.90 Å². The highest BCUT2D eigenvalue weighted by atomic mass is 79.9. The maximum absolute atomic E-state index is 12.0. The summed E-state index contributed by atoms with van der Waals surface area (Å²) >= 11 is 3.32. The minimum Gasteiger partial charge on any atom is -0.494 e. The number of aliphatic hydroxyl groups excluding tert-OH is 1. The van der Waals surface area contributed by atoms with Gasteiger partial charge in [-0.1, -0.05) is 67.1 Å². The molecular weight excluding hydrogens is 432 g/mol. The van der Waals surface area contributed by atoms with E-state index in [0.29, 0.717) is 5.56 Å². The van der Waals surface area contributed by atoms with Crippen LogP contribution in [0.4, 0.5) is 0 Å². The van der Waals surface area contributed by atoms with Crippen molar-refractivity contribution in [2.45, 2.75) is 51.6 Å². The first kappa shape index (κ1) is 23.1. The highest BCUT2D eigenvalue weighted by molar-refractivity contribution is 9.10. The van der Waals surface area contributed by atoms with E-state index in [2.05, 4.69) is 33.4 Å². The molecule has 0 spiro atoms. The maximum atomic E-state index is 12.0. The molecular formula is C23H29BrN2O3. The van der Waals surface area contributed by atoms with Gasteiger partial charge in [-0.25, -0.2) is 5.43 Å². The molecule has 2 aromatic carbocycles. The molecule has 2 aromatic rings. The molecule has 2 rings (SSSR count). The summed E-state index contributed by atoms with van der Waals surface area (Å²) in [5.74, 6) is 0.243. The zero-order valence-corrected chi connectivity index (χ0v) is 18.4. The third-order valence-electron chi connectivity index (χ3n) is 4.47. The van der Waals surface area contributed by atoms with Crippen LogP contribution in [0.5, 0.6) is 5.75 Å². The largest absolute Gasteiger partial charge is 0.494 e. The zero-order chi connectivity index (χ0) is 20.9. The summed E-state index contributed by atoms with van der Waals surface area (Å²) in [5, 5.41) is 14.0. The lowest BCUT2D eigenvalue weighted by molar-refractivity contribution is -0.129. The van der Waals surface area contributed by atoms with Gasteiger partial charge in [0.25, 0.3) is 5.91 Å². The van der Waals surface area contributed by atoms with Crippen LogP contribution in [0.15, 0.2) is 58.1 Å². The summed E-state index contributed by atoms with van der Waals surface area (Å²) in [6, 6.07) is 14.4. The van der Waals surface area contributed by atoms with Crippen molar-refractivity contribution in [3.8, 4) is 5.75 Å². The molecule has 1 atom stereocenters. The van der Waals surface area contributed by atoms with Crippen LogP contribution in [0.1, 0.15) is 62.7 Å². The number of aliphatic hydroxyl groups is 1. The number of rotatable bonds is 12. The molecule has 29 heavy (non-hydrogen) atoms. The predicted molar refractivity (Wildman–Crippen MR) is 120 cm³/mol. The van der Waals surface area contributed by atoms with Gasteiger partial charge < -0.3 is 9.84 Å². The Kier molecular flexibility index (Phi) is 10.5. The molecule has 0 aliphatic rings. The van der Waals surface area contributed by atoms with Gasteiger partial charge in [-0.15, -0.1) is 0 Å². The zero-order valence-electron chi connectivity index (χ0n) is 16.8. The van der Waals surface area contributed by atoms with E-state index in [1.807, 2.05) is 24.3 Å². The van der Waals surface area contributed by atoms with E-state index in [4.69, 9.17) is 4.74 Å². The van der Waals surface area contributed by atoms with E-state index in [1.54, 1.807) is 24.3 Å². The Morgan fingerprint density at radius 2 is 1.72 bits per heavy atom. The van der Waals surface area contributed by atoms with Gasteiger partial charge in [0.1, 0.15) is 5.75 Å². The van der Waals surface area contributed by atoms with Crippen molar-refractivity contribution in [2.75, 3.05) is 6.61 Å². The normalized spacial score (nSPS) is 12.1. The molecule has 6 heteroatoms. The van der Waals surface area contributed by atoms with Crippen molar-refractivity contribution >= 4 is 28.1 Å². The summed E-state index contributed by atoms with van der Waals surface area (Å²) in [7, 11) is 0. The van der Waals surface area contributed by atoms with Gasteiger partial charge in [0.05, 0.1) is 12.8 Å². The molecule has 5 nitrogen and oxygen atoms in total. The first-order valence-corrected chi connectivity index (χ1v) is 10.9. The molecule has 0 aliphatic heterocycles. The van der Waals surface area contributed by atoms with E-state index in [0.717, 1.165) is 28.8 Å². The van der Waals surface area contributed by atoms with Crippen molar-refractivity contribution in [3.63, 3.8) is 0 Å². The van der Waals surface area contributed by atoms with Crippen molar-refractivity contribution in [1.29, 1.82) is 0 Å². The second-order valence-electron chi connectivity index (χ2n) is 6.87. The Morgan fingerprint density at radius 3 is 2.41 bits per heavy atom. The molecule has 0 heterocycles. The number of nitrogens with zero attached hydrogens (tertiary/aromatic N) is 1. The molecule has 0 unspecified atom stereocenters. The van der Waals surface area contributed by atoms with Gasteiger partial charge in [-0.3, -0.25) is 4.79 Å². The van der Waals surface area contributed by atoms with Crippen LogP contribution in [-0.4, -0.2) is 23.8 Å². The standard InChI is InChI=1S/C23H29BrN2O3/c1-2-3-4-5-6-7-16-29-21-14-8-18(9-15-21)17-25-26-23(28)22(27)19-10-12-20(24)13-11-19/h8-15,17,22,27H,2-7,16H2,1H3,(H,26,28)/t22-/m1/s1. The van der Waals surface area contributed by atoms with Gasteiger partial charge >= 0.3 is 0 Å². The highest BCUT2D eigenvalue weighted by Gasteiger charge is 2.16. The summed E-state index contributed by atoms with van der Waals surface area (Å²) in [4.78, 5) is 12.0. The minimum absolute atomic E-state index is 0.507. The van der Waals surface area contributed by atoms with Crippen molar-refractivity contribution in [2.24, 2.45) is 5.10 Å². The van der Waals surface area contributed by atoms with Crippen molar-refractivity contribution in [1.82, 2.24) is 5.43 Å². The lowest BCUT2D eigenvalue weighted by Gasteiger charge is -2.09. The minimum atomic E-state index is -1.27. The Morgan fingerprint density at radius 1 is 1.07 bits per heavy atom. The molecule has 0 aromatic heterocycles. The first-order chi connectivity index (χ1) is 14.1. The molecule has 0 bridgehead atoms. The molecule has 0 saturated carbocycles. The topological polar surface area (TPSA) is 70.9 Å². The fourth-order valence-corrected chi connectivity index (χ4v) is 3.01. The predicted octanol–water partition coefficient (Wildman–Crippen LogP) is 5.37. The van der Waals surface area contributed by atoms with Crippen LogP contribution in [0.25, 0.3) is 0 Å². The van der Waals surface area contributed by atoms with Crippen LogP contribution in [0, 0.1) is 0 Å². The van der Waals surface area contributed by atoms with E-state index < -0.39 is 12.0 Å². The van der Waals surface area contributed by atoms with Crippen molar-refractivity contribution in [3.05, 3.63) is 64.1 Å². The van der Waals surface area contributed by atoms with Gasteiger partial charge in [0, 0.05) is 4.47 Å². The third-order valence-corrected chi connectivity index (χ3v) is 5.00. The second kappa shape index (κ2) is 13.1. The van der Waals surface area contributed by atoms with Crippen LogP contribution in [0.2, 0.25) is 0 Å². The molecule has 0 aliphatic carbocycles. The molecule has 0 radical (unpaired) electrons. The number of carbonyl (C=O) groups is 1. The molecule has 2 N–H and O–H groups in total. The average Bonchev–Trinajstić information content (AvgIpc) is 2.74. The number of hydrogen-bond donors (Lipinski definition) is 2. The van der Waals surface area contributed by atoms with E-state index in [-0.39, 0.29) is 0 Å².